The van der Waals surface area contributed by atoms with E-state index < -0.39 is 28.8 Å². The van der Waals surface area contributed by atoms with Gasteiger partial charge in [0, 0.05) is 10.6 Å². The van der Waals surface area contributed by atoms with Crippen LogP contribution in [0.25, 0.3) is 0 Å². The number of hydrogen-bond acceptors (Lipinski definition) is 5. The van der Waals surface area contributed by atoms with Gasteiger partial charge in [0.05, 0.1) is 6.07 Å². The molecule has 1 aromatic carbocycles. The highest BCUT2D eigenvalue weighted by atomic mass is 35.5. The van der Waals surface area contributed by atoms with E-state index in [0.29, 0.717) is 10.6 Å². The van der Waals surface area contributed by atoms with Crippen LogP contribution in [-0.4, -0.2) is 16.8 Å². The molecular weight excluding hydrogens is 286 g/mol. The molecule has 0 aliphatic carbocycles. The SMILES string of the molecule is O=C(c1ccc([N+](=O)[O-])o1)C1OC1c1ccccc1Cl. The molecule has 0 saturated carbocycles. The molecule has 2 aromatic rings. The number of carbonyl (C=O) groups is 1. The Morgan fingerprint density at radius 1 is 1.25 bits per heavy atom. The van der Waals surface area contributed by atoms with Crippen LogP contribution in [0.3, 0.4) is 0 Å². The summed E-state index contributed by atoms with van der Waals surface area (Å²) in [5.41, 5.74) is 0.716. The van der Waals surface area contributed by atoms with Crippen LogP contribution >= 0.6 is 11.6 Å². The predicted octanol–water partition coefficient (Wildman–Crippen LogP) is 3.16. The van der Waals surface area contributed by atoms with Crippen LogP contribution < -0.4 is 0 Å². The molecule has 20 heavy (non-hydrogen) atoms. The number of ketones is 1. The van der Waals surface area contributed by atoms with Gasteiger partial charge in [-0.1, -0.05) is 29.8 Å². The summed E-state index contributed by atoms with van der Waals surface area (Å²) in [6.45, 7) is 0. The van der Waals surface area contributed by atoms with Crippen molar-refractivity contribution >= 4 is 23.3 Å². The number of halogens is 1. The normalized spacial score (nSPS) is 20.6. The number of ether oxygens (including phenoxy) is 1. The molecule has 1 aliphatic heterocycles. The Balaban J connectivity index is 1.77. The zero-order valence-corrected chi connectivity index (χ0v) is 10.7. The molecule has 0 N–H and O–H groups in total. The van der Waals surface area contributed by atoms with Gasteiger partial charge in [-0.3, -0.25) is 14.9 Å². The minimum absolute atomic E-state index is 0.0868. The smallest absolute Gasteiger partial charge is 0.397 e. The molecule has 7 heteroatoms. The molecule has 102 valence electrons. The molecule has 2 atom stereocenters. The Bertz CT molecular complexity index is 696. The van der Waals surface area contributed by atoms with Gasteiger partial charge in [-0.2, -0.15) is 0 Å². The van der Waals surface area contributed by atoms with Crippen molar-refractivity contribution in [1.82, 2.24) is 0 Å². The monoisotopic (exact) mass is 293 g/mol. The van der Waals surface area contributed by atoms with E-state index in [1.54, 1.807) is 24.3 Å². The first-order valence-electron chi connectivity index (χ1n) is 5.76. The number of benzene rings is 1. The second-order valence-electron chi connectivity index (χ2n) is 4.26. The van der Waals surface area contributed by atoms with Crippen molar-refractivity contribution in [3.05, 3.63) is 62.9 Å². The average molecular weight is 294 g/mol. The van der Waals surface area contributed by atoms with E-state index in [1.165, 1.54) is 6.07 Å². The third kappa shape index (κ3) is 2.19. The predicted molar refractivity (Wildman–Crippen MR) is 68.8 cm³/mol. The Morgan fingerprint density at radius 2 is 2.00 bits per heavy atom. The minimum Gasteiger partial charge on any atom is -0.397 e. The Hall–Kier alpha value is -2.18. The molecule has 3 rings (SSSR count). The molecule has 0 radical (unpaired) electrons. The highest BCUT2D eigenvalue weighted by Gasteiger charge is 2.48. The van der Waals surface area contributed by atoms with Gasteiger partial charge in [0.1, 0.15) is 11.0 Å². The van der Waals surface area contributed by atoms with E-state index in [0.717, 1.165) is 6.07 Å². The summed E-state index contributed by atoms with van der Waals surface area (Å²) in [5.74, 6) is -0.984. The molecule has 0 bridgehead atoms. The number of nitrogens with zero attached hydrogens (tertiary/aromatic N) is 1. The summed E-state index contributed by atoms with van der Waals surface area (Å²) in [7, 11) is 0. The minimum atomic E-state index is -0.708. The molecule has 6 nitrogen and oxygen atoms in total. The first-order valence-corrected chi connectivity index (χ1v) is 6.14. The number of carbonyl (C=O) groups excluding carboxylic acids is 1. The summed E-state index contributed by atoms with van der Waals surface area (Å²) < 4.78 is 10.2. The standard InChI is InChI=1S/C13H8ClNO5/c14-8-4-2-1-3-7(8)12-13(20-12)11(16)9-5-6-10(19-9)15(17)18/h1-6,12-13H. The fraction of sp³-hybridized carbons (Fsp3) is 0.154. The zero-order valence-electron chi connectivity index (χ0n) is 9.99. The number of furan rings is 1. The lowest BCUT2D eigenvalue weighted by Gasteiger charge is -1.98. The highest BCUT2D eigenvalue weighted by Crippen LogP contribution is 2.43. The van der Waals surface area contributed by atoms with Crippen molar-refractivity contribution in [3.8, 4) is 0 Å². The van der Waals surface area contributed by atoms with E-state index in [2.05, 4.69) is 0 Å². The van der Waals surface area contributed by atoms with E-state index in [1.807, 2.05) is 0 Å². The van der Waals surface area contributed by atoms with Crippen LogP contribution in [0.1, 0.15) is 22.2 Å². The van der Waals surface area contributed by atoms with Gasteiger partial charge in [-0.25, -0.2) is 0 Å². The Morgan fingerprint density at radius 3 is 2.65 bits per heavy atom. The second-order valence-corrected chi connectivity index (χ2v) is 4.67. The fourth-order valence-electron chi connectivity index (χ4n) is 1.95. The van der Waals surface area contributed by atoms with Crippen molar-refractivity contribution in [2.45, 2.75) is 12.2 Å². The van der Waals surface area contributed by atoms with Crippen LogP contribution in [-0.2, 0) is 4.74 Å². The van der Waals surface area contributed by atoms with Crippen LogP contribution in [0.15, 0.2) is 40.8 Å². The molecule has 1 fully saturated rings. The van der Waals surface area contributed by atoms with Crippen molar-refractivity contribution in [3.63, 3.8) is 0 Å². The van der Waals surface area contributed by atoms with E-state index >= 15 is 0 Å². The van der Waals surface area contributed by atoms with E-state index in [4.69, 9.17) is 20.8 Å². The van der Waals surface area contributed by atoms with Crippen molar-refractivity contribution < 1.29 is 18.9 Å². The first kappa shape index (κ1) is 12.8. The van der Waals surface area contributed by atoms with E-state index in [-0.39, 0.29) is 5.76 Å². The van der Waals surface area contributed by atoms with Crippen molar-refractivity contribution in [2.24, 2.45) is 0 Å². The summed E-state index contributed by atoms with van der Waals surface area (Å²) in [4.78, 5) is 21.9. The lowest BCUT2D eigenvalue weighted by Crippen LogP contribution is -2.07. The molecule has 2 heterocycles. The number of Topliss-reactive ketones (excluding diaryl/α,β-unsaturated/α-hetero) is 1. The second kappa shape index (κ2) is 4.73. The van der Waals surface area contributed by atoms with Crippen LogP contribution in [0.5, 0.6) is 0 Å². The molecule has 2 unspecified atom stereocenters. The summed E-state index contributed by atoms with van der Waals surface area (Å²) in [5, 5.41) is 11.0. The summed E-state index contributed by atoms with van der Waals surface area (Å²) in [6, 6.07) is 9.46. The topological polar surface area (TPSA) is 85.9 Å². The fourth-order valence-corrected chi connectivity index (χ4v) is 2.20. The number of hydrogen-bond donors (Lipinski definition) is 0. The van der Waals surface area contributed by atoms with Gasteiger partial charge in [-0.15, -0.1) is 0 Å². The largest absolute Gasteiger partial charge is 0.433 e. The maximum atomic E-state index is 12.1. The Labute approximate surface area is 118 Å². The number of rotatable bonds is 4. The maximum absolute atomic E-state index is 12.1. The van der Waals surface area contributed by atoms with Crippen LogP contribution in [0.2, 0.25) is 5.02 Å². The van der Waals surface area contributed by atoms with Gasteiger partial charge in [0.25, 0.3) is 0 Å². The van der Waals surface area contributed by atoms with Crippen molar-refractivity contribution in [1.29, 1.82) is 0 Å². The highest BCUT2D eigenvalue weighted by molar-refractivity contribution is 6.31. The van der Waals surface area contributed by atoms with Crippen LogP contribution in [0, 0.1) is 10.1 Å². The quantitative estimate of drug-likeness (QED) is 0.374. The van der Waals surface area contributed by atoms with Gasteiger partial charge < -0.3 is 9.15 Å². The third-order valence-electron chi connectivity index (χ3n) is 2.98. The van der Waals surface area contributed by atoms with E-state index in [9.17, 15) is 14.9 Å². The third-order valence-corrected chi connectivity index (χ3v) is 3.32. The molecule has 1 saturated heterocycles. The van der Waals surface area contributed by atoms with Gasteiger partial charge in [-0.05, 0) is 12.1 Å². The molecule has 0 spiro atoms. The average Bonchev–Trinajstić information content (AvgIpc) is 3.05. The summed E-state index contributed by atoms with van der Waals surface area (Å²) in [6.07, 6.45) is -1.14. The molecule has 1 aliphatic rings. The first-order chi connectivity index (χ1) is 9.58. The number of nitro groups is 1. The Kier molecular flexibility index (Phi) is 3.04. The summed E-state index contributed by atoms with van der Waals surface area (Å²) >= 11 is 6.02. The lowest BCUT2D eigenvalue weighted by molar-refractivity contribution is -0.402. The molecule has 0 amide bonds. The van der Waals surface area contributed by atoms with Gasteiger partial charge >= 0.3 is 5.88 Å². The number of epoxide rings is 1. The van der Waals surface area contributed by atoms with Crippen LogP contribution in [0.4, 0.5) is 5.88 Å². The van der Waals surface area contributed by atoms with Gasteiger partial charge in [0.15, 0.2) is 11.9 Å². The molecular formula is C13H8ClNO5. The maximum Gasteiger partial charge on any atom is 0.433 e. The molecule has 1 aromatic heterocycles. The van der Waals surface area contributed by atoms with Crippen molar-refractivity contribution in [2.75, 3.05) is 0 Å². The lowest BCUT2D eigenvalue weighted by atomic mass is 10.1. The zero-order chi connectivity index (χ0) is 14.3. The van der Waals surface area contributed by atoms with Gasteiger partial charge in [0.2, 0.25) is 5.78 Å².